The van der Waals surface area contributed by atoms with Gasteiger partial charge in [0.2, 0.25) is 0 Å². The van der Waals surface area contributed by atoms with Crippen LogP contribution in [-0.4, -0.2) is 36.5 Å². The third-order valence-corrected chi connectivity index (χ3v) is 6.60. The minimum atomic E-state index is 0.632. The van der Waals surface area contributed by atoms with E-state index in [1.54, 1.807) is 0 Å². The lowest BCUT2D eigenvalue weighted by Crippen LogP contribution is -2.28. The number of aromatic amines is 1. The first kappa shape index (κ1) is 18.1. The van der Waals surface area contributed by atoms with E-state index in [1.807, 2.05) is 24.9 Å². The van der Waals surface area contributed by atoms with Gasteiger partial charge >= 0.3 is 0 Å². The van der Waals surface area contributed by atoms with Gasteiger partial charge in [-0.15, -0.1) is 11.8 Å². The summed E-state index contributed by atoms with van der Waals surface area (Å²) in [5, 5.41) is 22.0. The second kappa shape index (κ2) is 7.74. The summed E-state index contributed by atoms with van der Waals surface area (Å²) in [7, 11) is 1.88. The maximum Gasteiger partial charge on any atom is 0.0962 e. The summed E-state index contributed by atoms with van der Waals surface area (Å²) in [5.74, 6) is 1.53. The Labute approximate surface area is 164 Å². The van der Waals surface area contributed by atoms with Crippen molar-refractivity contribution >= 4 is 29.2 Å². The van der Waals surface area contributed by atoms with Crippen molar-refractivity contribution in [3.8, 4) is 11.3 Å². The first-order valence-corrected chi connectivity index (χ1v) is 10.3. The lowest BCUT2D eigenvalue weighted by atomic mass is 9.95. The van der Waals surface area contributed by atoms with Crippen molar-refractivity contribution in [2.75, 3.05) is 25.5 Å². The fourth-order valence-electron chi connectivity index (χ4n) is 3.84. The Balaban J connectivity index is 1.66. The number of fused-ring (bicyclic) bond motifs is 1. The van der Waals surface area contributed by atoms with Crippen molar-refractivity contribution in [1.82, 2.24) is 15.5 Å². The lowest BCUT2D eigenvalue weighted by Gasteiger charge is -2.24. The predicted octanol–water partition coefficient (Wildman–Crippen LogP) is 4.26. The molecule has 0 bridgehead atoms. The Bertz CT molecular complexity index is 905. The number of nitrogens with one attached hydrogen (secondary N) is 4. The highest BCUT2D eigenvalue weighted by atomic mass is 32.2. The molecule has 5 nitrogen and oxygen atoms in total. The summed E-state index contributed by atoms with van der Waals surface area (Å²) in [5.41, 5.74) is 7.14. The largest absolute Gasteiger partial charge is 0.388 e. The van der Waals surface area contributed by atoms with Gasteiger partial charge in [-0.25, -0.2) is 0 Å². The molecule has 2 aliphatic heterocycles. The number of benzene rings is 1. The maximum absolute atomic E-state index is 7.55. The smallest absolute Gasteiger partial charge is 0.0962 e. The molecule has 1 aromatic heterocycles. The van der Waals surface area contributed by atoms with E-state index in [4.69, 9.17) is 5.41 Å². The Morgan fingerprint density at radius 3 is 2.89 bits per heavy atom. The van der Waals surface area contributed by atoms with Gasteiger partial charge in [-0.2, -0.15) is 5.10 Å². The summed E-state index contributed by atoms with van der Waals surface area (Å²) in [6, 6.07) is 6.10. The fourth-order valence-corrected chi connectivity index (χ4v) is 5.13. The van der Waals surface area contributed by atoms with Crippen LogP contribution in [0.3, 0.4) is 0 Å². The van der Waals surface area contributed by atoms with Crippen molar-refractivity contribution in [3.63, 3.8) is 0 Å². The van der Waals surface area contributed by atoms with Crippen LogP contribution in [0.2, 0.25) is 0 Å². The molecular weight excluding hydrogens is 354 g/mol. The summed E-state index contributed by atoms with van der Waals surface area (Å²) in [4.78, 5) is 1.44. The minimum Gasteiger partial charge on any atom is -0.388 e. The van der Waals surface area contributed by atoms with Crippen LogP contribution in [0, 0.1) is 11.3 Å². The second-order valence-electron chi connectivity index (χ2n) is 7.01. The molecule has 2 aliphatic rings. The SMILES string of the molecule is C=C1C=C(C2CCNCC2)SCc2c1n[nH]c2-c1ccc(C=N)c(NC)c1. The summed E-state index contributed by atoms with van der Waals surface area (Å²) in [6.45, 7) is 6.49. The summed E-state index contributed by atoms with van der Waals surface area (Å²) >= 11 is 1.93. The van der Waals surface area contributed by atoms with Crippen LogP contribution in [0.1, 0.15) is 29.7 Å². The molecule has 27 heavy (non-hydrogen) atoms. The van der Waals surface area contributed by atoms with Gasteiger partial charge in [-0.1, -0.05) is 18.7 Å². The van der Waals surface area contributed by atoms with Gasteiger partial charge in [-0.05, 0) is 54.5 Å². The summed E-state index contributed by atoms with van der Waals surface area (Å²) < 4.78 is 0. The quantitative estimate of drug-likeness (QED) is 0.599. The van der Waals surface area contributed by atoms with Crippen LogP contribution < -0.4 is 10.6 Å². The van der Waals surface area contributed by atoms with Crippen molar-refractivity contribution in [1.29, 1.82) is 5.41 Å². The number of hydrogen-bond donors (Lipinski definition) is 4. The molecule has 0 unspecified atom stereocenters. The molecule has 6 heteroatoms. The number of nitrogens with zero attached hydrogens (tertiary/aromatic N) is 1. The van der Waals surface area contributed by atoms with Gasteiger partial charge in [0.1, 0.15) is 0 Å². The number of anilines is 1. The molecule has 0 aliphatic carbocycles. The number of H-pyrrole nitrogens is 1. The molecule has 2 aromatic rings. The molecular formula is C21H25N5S. The molecule has 0 spiro atoms. The van der Waals surface area contributed by atoms with Gasteiger partial charge in [0, 0.05) is 41.4 Å². The third-order valence-electron chi connectivity index (χ3n) is 5.38. The van der Waals surface area contributed by atoms with E-state index in [2.05, 4.69) is 45.6 Å². The standard InChI is InChI=1S/C21H25N5S/c1-13-9-19(14-5-7-24-8-6-14)27-12-17-20(13)25-26-21(17)15-3-4-16(11-22)18(10-15)23-2/h3-4,9-11,14,22-24H,1,5-8,12H2,2H3,(H,25,26). The van der Waals surface area contributed by atoms with Gasteiger partial charge in [0.15, 0.2) is 0 Å². The Morgan fingerprint density at radius 2 is 2.15 bits per heavy atom. The Hall–Kier alpha value is -2.31. The average Bonchev–Trinajstić information content (AvgIpc) is 3.07. The van der Waals surface area contributed by atoms with E-state index < -0.39 is 0 Å². The number of hydrogen-bond acceptors (Lipinski definition) is 5. The van der Waals surface area contributed by atoms with Gasteiger partial charge in [-0.3, -0.25) is 5.10 Å². The molecule has 1 aromatic carbocycles. The zero-order chi connectivity index (χ0) is 18.8. The van der Waals surface area contributed by atoms with Gasteiger partial charge < -0.3 is 16.0 Å². The van der Waals surface area contributed by atoms with E-state index in [0.29, 0.717) is 5.92 Å². The molecule has 4 rings (SSSR count). The lowest BCUT2D eigenvalue weighted by molar-refractivity contribution is 0.432. The normalized spacial score (nSPS) is 17.8. The number of piperidine rings is 1. The van der Waals surface area contributed by atoms with Crippen molar-refractivity contribution in [2.45, 2.75) is 18.6 Å². The molecule has 4 N–H and O–H groups in total. The van der Waals surface area contributed by atoms with E-state index in [-0.39, 0.29) is 0 Å². The molecule has 140 valence electrons. The first-order chi connectivity index (χ1) is 13.2. The number of thioether (sulfide) groups is 1. The monoisotopic (exact) mass is 379 g/mol. The molecule has 0 amide bonds. The zero-order valence-electron chi connectivity index (χ0n) is 15.6. The van der Waals surface area contributed by atoms with Gasteiger partial charge in [0.25, 0.3) is 0 Å². The Kier molecular flexibility index (Phi) is 5.18. The van der Waals surface area contributed by atoms with Crippen LogP contribution in [0.4, 0.5) is 5.69 Å². The predicted molar refractivity (Wildman–Crippen MR) is 115 cm³/mol. The topological polar surface area (TPSA) is 76.6 Å². The van der Waals surface area contributed by atoms with Crippen LogP contribution in [-0.2, 0) is 5.75 Å². The van der Waals surface area contributed by atoms with Crippen molar-refractivity contribution in [3.05, 3.63) is 52.6 Å². The fraction of sp³-hybridized carbons (Fsp3) is 0.333. The van der Waals surface area contributed by atoms with E-state index in [9.17, 15) is 0 Å². The maximum atomic E-state index is 7.55. The highest BCUT2D eigenvalue weighted by molar-refractivity contribution is 8.02. The highest BCUT2D eigenvalue weighted by Crippen LogP contribution is 2.41. The zero-order valence-corrected chi connectivity index (χ0v) is 16.4. The van der Waals surface area contributed by atoms with Crippen LogP contribution >= 0.6 is 11.8 Å². The molecule has 1 saturated heterocycles. The molecule has 0 atom stereocenters. The van der Waals surface area contributed by atoms with E-state index in [1.165, 1.54) is 29.5 Å². The third kappa shape index (κ3) is 3.47. The molecule has 0 radical (unpaired) electrons. The van der Waals surface area contributed by atoms with Crippen molar-refractivity contribution in [2.24, 2.45) is 5.92 Å². The molecule has 0 saturated carbocycles. The summed E-state index contributed by atoms with van der Waals surface area (Å²) in [6.07, 6.45) is 6.00. The molecule has 3 heterocycles. The molecule has 1 fully saturated rings. The van der Waals surface area contributed by atoms with E-state index >= 15 is 0 Å². The number of aromatic nitrogens is 2. The van der Waals surface area contributed by atoms with Crippen molar-refractivity contribution < 1.29 is 0 Å². The Morgan fingerprint density at radius 1 is 1.33 bits per heavy atom. The highest BCUT2D eigenvalue weighted by Gasteiger charge is 2.25. The first-order valence-electron chi connectivity index (χ1n) is 9.35. The average molecular weight is 380 g/mol. The minimum absolute atomic E-state index is 0.632. The van der Waals surface area contributed by atoms with E-state index in [0.717, 1.165) is 52.6 Å². The number of rotatable bonds is 4. The number of allylic oxidation sites excluding steroid dienone is 3. The van der Waals surface area contributed by atoms with Gasteiger partial charge in [0.05, 0.1) is 11.4 Å². The van der Waals surface area contributed by atoms with Crippen LogP contribution in [0.25, 0.3) is 16.8 Å². The second-order valence-corrected chi connectivity index (χ2v) is 8.06. The van der Waals surface area contributed by atoms with Crippen LogP contribution in [0.15, 0.2) is 35.8 Å². The van der Waals surface area contributed by atoms with Crippen LogP contribution in [0.5, 0.6) is 0 Å².